The Labute approximate surface area is 181 Å². The molecule has 0 unspecified atom stereocenters. The molecule has 1 saturated heterocycles. The number of nitrogens with one attached hydrogen (secondary N) is 2. The summed E-state index contributed by atoms with van der Waals surface area (Å²) in [4.78, 5) is 27.9. The summed E-state index contributed by atoms with van der Waals surface area (Å²) in [6.07, 6.45) is 2.21. The second-order valence-electron chi connectivity index (χ2n) is 6.83. The number of nitrogen functional groups attached to an aromatic ring is 1. The standard InChI is InChI=1S/C21H24N4O4.ClH/c1-2-28-19(26)10-15-9-16(25-21(15)27)12-29-17-6-3-13(4-7-17)18-8-5-14(11-24-18)20(22)23;/h3-8,11,15-16H,2,9-10,12H2,1H3,(H3,22,23)(H,25,27);1H/t15-,16-;/m0./s1. The van der Waals surface area contributed by atoms with Crippen molar-refractivity contribution in [2.75, 3.05) is 13.2 Å². The summed E-state index contributed by atoms with van der Waals surface area (Å²) in [7, 11) is 0. The normalized spacial score (nSPS) is 17.6. The number of hydrogen-bond acceptors (Lipinski definition) is 6. The first-order valence-corrected chi connectivity index (χ1v) is 9.46. The van der Waals surface area contributed by atoms with Crippen molar-refractivity contribution in [3.8, 4) is 17.0 Å². The van der Waals surface area contributed by atoms with Gasteiger partial charge < -0.3 is 20.5 Å². The lowest BCUT2D eigenvalue weighted by molar-refractivity contribution is -0.145. The lowest BCUT2D eigenvalue weighted by Crippen LogP contribution is -2.31. The van der Waals surface area contributed by atoms with Crippen LogP contribution in [0.15, 0.2) is 42.6 Å². The SMILES string of the molecule is CCOC(=O)C[C@@H]1C[C@@H](COc2ccc(-c3ccc(C(=N)N)cn3)cc2)NC1=O.Cl. The van der Waals surface area contributed by atoms with Gasteiger partial charge in [-0.1, -0.05) is 0 Å². The predicted molar refractivity (Wildman–Crippen MR) is 115 cm³/mol. The van der Waals surface area contributed by atoms with E-state index in [0.29, 0.717) is 30.9 Å². The van der Waals surface area contributed by atoms with E-state index in [0.717, 1.165) is 11.3 Å². The fraction of sp³-hybridized carbons (Fsp3) is 0.333. The van der Waals surface area contributed by atoms with Crippen LogP contribution < -0.4 is 15.8 Å². The minimum absolute atomic E-state index is 0. The fourth-order valence-corrected chi connectivity index (χ4v) is 3.18. The largest absolute Gasteiger partial charge is 0.491 e. The number of pyridine rings is 1. The van der Waals surface area contributed by atoms with Crippen LogP contribution in [0.4, 0.5) is 0 Å². The number of benzene rings is 1. The predicted octanol–water partition coefficient (Wildman–Crippen LogP) is 2.29. The zero-order valence-electron chi connectivity index (χ0n) is 16.6. The van der Waals surface area contributed by atoms with Gasteiger partial charge >= 0.3 is 5.97 Å². The molecule has 1 amide bonds. The van der Waals surface area contributed by atoms with E-state index in [-0.39, 0.29) is 48.5 Å². The van der Waals surface area contributed by atoms with Crippen molar-refractivity contribution in [2.24, 2.45) is 11.7 Å². The number of aromatic nitrogens is 1. The van der Waals surface area contributed by atoms with Crippen molar-refractivity contribution in [1.82, 2.24) is 10.3 Å². The number of nitrogens with two attached hydrogens (primary N) is 1. The molecule has 9 heteroatoms. The van der Waals surface area contributed by atoms with Crippen molar-refractivity contribution < 1.29 is 19.1 Å². The number of rotatable bonds is 8. The van der Waals surface area contributed by atoms with Crippen LogP contribution in [-0.4, -0.2) is 42.0 Å². The van der Waals surface area contributed by atoms with Gasteiger partial charge in [-0.2, -0.15) is 0 Å². The molecule has 3 rings (SSSR count). The van der Waals surface area contributed by atoms with Gasteiger partial charge in [-0.3, -0.25) is 20.0 Å². The molecule has 1 fully saturated rings. The van der Waals surface area contributed by atoms with Crippen molar-refractivity contribution in [3.05, 3.63) is 48.2 Å². The van der Waals surface area contributed by atoms with Crippen LogP contribution in [0, 0.1) is 11.3 Å². The van der Waals surface area contributed by atoms with Crippen LogP contribution in [0.3, 0.4) is 0 Å². The van der Waals surface area contributed by atoms with Gasteiger partial charge in [0.1, 0.15) is 18.2 Å². The first kappa shape index (κ1) is 23.2. The Balaban J connectivity index is 0.00000320. The molecule has 2 heterocycles. The molecule has 0 radical (unpaired) electrons. The third-order valence-electron chi connectivity index (χ3n) is 4.68. The average Bonchev–Trinajstić information content (AvgIpc) is 3.06. The summed E-state index contributed by atoms with van der Waals surface area (Å²) < 4.78 is 10.7. The molecule has 0 bridgehead atoms. The van der Waals surface area contributed by atoms with E-state index in [2.05, 4.69) is 10.3 Å². The maximum absolute atomic E-state index is 12.0. The molecule has 1 aromatic carbocycles. The van der Waals surface area contributed by atoms with Crippen molar-refractivity contribution in [3.63, 3.8) is 0 Å². The number of hydrogen-bond donors (Lipinski definition) is 3. The van der Waals surface area contributed by atoms with E-state index >= 15 is 0 Å². The molecule has 2 atom stereocenters. The highest BCUT2D eigenvalue weighted by atomic mass is 35.5. The van der Waals surface area contributed by atoms with Crippen LogP contribution in [-0.2, 0) is 14.3 Å². The van der Waals surface area contributed by atoms with Crippen LogP contribution in [0.25, 0.3) is 11.3 Å². The Kier molecular flexibility index (Phi) is 8.17. The molecule has 1 aliphatic heterocycles. The maximum Gasteiger partial charge on any atom is 0.306 e. The minimum atomic E-state index is -0.367. The zero-order valence-corrected chi connectivity index (χ0v) is 17.4. The quantitative estimate of drug-likeness (QED) is 0.333. The topological polar surface area (TPSA) is 127 Å². The summed E-state index contributed by atoms with van der Waals surface area (Å²) >= 11 is 0. The summed E-state index contributed by atoms with van der Waals surface area (Å²) in [6, 6.07) is 10.9. The van der Waals surface area contributed by atoms with Gasteiger partial charge in [0, 0.05) is 17.3 Å². The molecule has 1 aromatic heterocycles. The number of halogens is 1. The zero-order chi connectivity index (χ0) is 20.8. The van der Waals surface area contributed by atoms with Gasteiger partial charge in [-0.05, 0) is 49.7 Å². The molecule has 8 nitrogen and oxygen atoms in total. The minimum Gasteiger partial charge on any atom is -0.491 e. The molecule has 0 aliphatic carbocycles. The van der Waals surface area contributed by atoms with Crippen LogP contribution in [0.5, 0.6) is 5.75 Å². The van der Waals surface area contributed by atoms with E-state index in [1.807, 2.05) is 30.3 Å². The average molecular weight is 433 g/mol. The highest BCUT2D eigenvalue weighted by Gasteiger charge is 2.34. The van der Waals surface area contributed by atoms with Crippen LogP contribution >= 0.6 is 12.4 Å². The lowest BCUT2D eigenvalue weighted by Gasteiger charge is -2.12. The van der Waals surface area contributed by atoms with Gasteiger partial charge in [-0.15, -0.1) is 12.4 Å². The Bertz CT molecular complexity index is 887. The Morgan fingerprint density at radius 2 is 2.00 bits per heavy atom. The Morgan fingerprint density at radius 3 is 2.60 bits per heavy atom. The molecular weight excluding hydrogens is 408 g/mol. The number of carbonyl (C=O) groups excluding carboxylic acids is 2. The molecule has 160 valence electrons. The number of ether oxygens (including phenoxy) is 2. The summed E-state index contributed by atoms with van der Waals surface area (Å²) in [5.41, 5.74) is 7.70. The second kappa shape index (κ2) is 10.6. The third kappa shape index (κ3) is 5.93. The number of amidine groups is 1. The first-order chi connectivity index (χ1) is 14.0. The summed E-state index contributed by atoms with van der Waals surface area (Å²) in [6.45, 7) is 2.38. The molecule has 0 spiro atoms. The third-order valence-corrected chi connectivity index (χ3v) is 4.68. The molecule has 4 N–H and O–H groups in total. The summed E-state index contributed by atoms with van der Waals surface area (Å²) in [5, 5.41) is 10.3. The number of carbonyl (C=O) groups is 2. The van der Waals surface area contributed by atoms with Gasteiger partial charge in [0.2, 0.25) is 5.91 Å². The van der Waals surface area contributed by atoms with Gasteiger partial charge in [-0.25, -0.2) is 0 Å². The van der Waals surface area contributed by atoms with Crippen molar-refractivity contribution in [1.29, 1.82) is 5.41 Å². The van der Waals surface area contributed by atoms with E-state index < -0.39 is 0 Å². The Hall–Kier alpha value is -3.13. The lowest BCUT2D eigenvalue weighted by atomic mass is 10.0. The molecular formula is C21H25ClN4O4. The van der Waals surface area contributed by atoms with Gasteiger partial charge in [0.05, 0.1) is 30.7 Å². The Morgan fingerprint density at radius 1 is 1.27 bits per heavy atom. The maximum atomic E-state index is 12.0. The number of amides is 1. The molecule has 0 saturated carbocycles. The molecule has 30 heavy (non-hydrogen) atoms. The highest BCUT2D eigenvalue weighted by molar-refractivity contribution is 5.94. The number of nitrogens with zero attached hydrogens (tertiary/aromatic N) is 1. The van der Waals surface area contributed by atoms with E-state index in [1.165, 1.54) is 0 Å². The monoisotopic (exact) mass is 432 g/mol. The van der Waals surface area contributed by atoms with E-state index in [1.54, 1.807) is 19.2 Å². The smallest absolute Gasteiger partial charge is 0.306 e. The van der Waals surface area contributed by atoms with E-state index in [4.69, 9.17) is 20.6 Å². The second-order valence-corrected chi connectivity index (χ2v) is 6.83. The highest BCUT2D eigenvalue weighted by Crippen LogP contribution is 2.23. The van der Waals surface area contributed by atoms with E-state index in [9.17, 15) is 9.59 Å². The molecule has 1 aliphatic rings. The van der Waals surface area contributed by atoms with Crippen LogP contribution in [0.2, 0.25) is 0 Å². The van der Waals surface area contributed by atoms with Crippen molar-refractivity contribution in [2.45, 2.75) is 25.8 Å². The van der Waals surface area contributed by atoms with Gasteiger partial charge in [0.15, 0.2) is 0 Å². The van der Waals surface area contributed by atoms with Crippen LogP contribution in [0.1, 0.15) is 25.3 Å². The summed E-state index contributed by atoms with van der Waals surface area (Å²) in [5.74, 6) is -0.195. The first-order valence-electron chi connectivity index (χ1n) is 9.46. The fourth-order valence-electron chi connectivity index (χ4n) is 3.18. The number of esters is 1. The molecule has 2 aromatic rings. The van der Waals surface area contributed by atoms with Crippen molar-refractivity contribution >= 4 is 30.1 Å². The van der Waals surface area contributed by atoms with Gasteiger partial charge in [0.25, 0.3) is 0 Å².